The van der Waals surface area contributed by atoms with Crippen molar-refractivity contribution in [3.8, 4) is 0 Å². The molecule has 0 amide bonds. The molecule has 0 N–H and O–H groups in total. The van der Waals surface area contributed by atoms with Crippen LogP contribution in [-0.4, -0.2) is 19.9 Å². The fourth-order valence-electron chi connectivity index (χ4n) is 1.28. The minimum absolute atomic E-state index is 0.475. The SMILES string of the molecule is CCCc1noc(Cn2nc(Br)cc2Br)n1. The number of aryl methyl sites for hydroxylation is 1. The predicted octanol–water partition coefficient (Wildman–Crippen LogP) is 2.79. The Bertz CT molecular complexity index is 480. The summed E-state index contributed by atoms with van der Waals surface area (Å²) in [4.78, 5) is 4.27. The number of halogens is 2. The molecule has 0 atom stereocenters. The Morgan fingerprint density at radius 2 is 2.25 bits per heavy atom. The lowest BCUT2D eigenvalue weighted by Crippen LogP contribution is -2.02. The summed E-state index contributed by atoms with van der Waals surface area (Å²) in [6, 6.07) is 1.86. The largest absolute Gasteiger partial charge is 0.337 e. The lowest BCUT2D eigenvalue weighted by Gasteiger charge is -1.96. The molecule has 0 bridgehead atoms. The molecule has 0 saturated heterocycles. The molecule has 0 fully saturated rings. The first-order chi connectivity index (χ1) is 7.69. The first-order valence-electron chi connectivity index (χ1n) is 4.89. The Kier molecular flexibility index (Phi) is 3.75. The van der Waals surface area contributed by atoms with Gasteiger partial charge >= 0.3 is 0 Å². The highest BCUT2D eigenvalue weighted by molar-refractivity contribution is 9.11. The molecule has 0 unspecified atom stereocenters. The summed E-state index contributed by atoms with van der Waals surface area (Å²) in [6.07, 6.45) is 1.85. The molecule has 16 heavy (non-hydrogen) atoms. The van der Waals surface area contributed by atoms with Gasteiger partial charge in [-0.1, -0.05) is 12.1 Å². The van der Waals surface area contributed by atoms with Crippen LogP contribution in [0.1, 0.15) is 25.1 Å². The van der Waals surface area contributed by atoms with Gasteiger partial charge < -0.3 is 4.52 Å². The van der Waals surface area contributed by atoms with Gasteiger partial charge in [0.25, 0.3) is 0 Å². The van der Waals surface area contributed by atoms with Gasteiger partial charge in [-0.2, -0.15) is 10.1 Å². The summed E-state index contributed by atoms with van der Waals surface area (Å²) >= 11 is 6.69. The highest BCUT2D eigenvalue weighted by atomic mass is 79.9. The molecular formula is C9H10Br2N4O. The summed E-state index contributed by atoms with van der Waals surface area (Å²) in [5.74, 6) is 1.32. The smallest absolute Gasteiger partial charge is 0.248 e. The molecule has 2 aromatic heterocycles. The van der Waals surface area contributed by atoms with E-state index in [2.05, 4.69) is 54.0 Å². The van der Waals surface area contributed by atoms with Crippen molar-refractivity contribution in [3.63, 3.8) is 0 Å². The van der Waals surface area contributed by atoms with E-state index in [-0.39, 0.29) is 0 Å². The van der Waals surface area contributed by atoms with Crippen molar-refractivity contribution in [2.45, 2.75) is 26.3 Å². The Labute approximate surface area is 109 Å². The number of hydrogen-bond acceptors (Lipinski definition) is 4. The van der Waals surface area contributed by atoms with Crippen molar-refractivity contribution in [2.24, 2.45) is 0 Å². The first kappa shape index (κ1) is 11.8. The van der Waals surface area contributed by atoms with E-state index in [9.17, 15) is 0 Å². The van der Waals surface area contributed by atoms with Crippen LogP contribution in [0.25, 0.3) is 0 Å². The van der Waals surface area contributed by atoms with Crippen molar-refractivity contribution in [1.29, 1.82) is 0 Å². The average Bonchev–Trinajstić information content (AvgIpc) is 2.76. The first-order valence-corrected chi connectivity index (χ1v) is 6.48. The van der Waals surface area contributed by atoms with Crippen LogP contribution in [0.3, 0.4) is 0 Å². The third-order valence-corrected chi connectivity index (χ3v) is 3.00. The number of nitrogens with zero attached hydrogens (tertiary/aromatic N) is 4. The maximum Gasteiger partial charge on any atom is 0.248 e. The Morgan fingerprint density at radius 3 is 2.88 bits per heavy atom. The summed E-state index contributed by atoms with van der Waals surface area (Å²) in [6.45, 7) is 2.56. The number of aromatic nitrogens is 4. The number of rotatable bonds is 4. The molecule has 7 heteroatoms. The van der Waals surface area contributed by atoms with Gasteiger partial charge in [-0.3, -0.25) is 0 Å². The Morgan fingerprint density at radius 1 is 1.44 bits per heavy atom. The monoisotopic (exact) mass is 348 g/mol. The Hall–Kier alpha value is -0.690. The summed E-state index contributed by atoms with van der Waals surface area (Å²) in [5.41, 5.74) is 0. The maximum absolute atomic E-state index is 5.13. The molecule has 0 saturated carbocycles. The molecule has 0 aliphatic carbocycles. The van der Waals surface area contributed by atoms with E-state index >= 15 is 0 Å². The van der Waals surface area contributed by atoms with Gasteiger partial charge in [0.15, 0.2) is 5.82 Å². The molecule has 5 nitrogen and oxygen atoms in total. The second-order valence-corrected chi connectivity index (χ2v) is 4.93. The molecule has 2 rings (SSSR count). The Balaban J connectivity index is 2.11. The maximum atomic E-state index is 5.13. The van der Waals surface area contributed by atoms with E-state index in [1.807, 2.05) is 6.07 Å². The highest BCUT2D eigenvalue weighted by Gasteiger charge is 2.09. The third-order valence-electron chi connectivity index (χ3n) is 1.97. The van der Waals surface area contributed by atoms with Crippen LogP contribution < -0.4 is 0 Å². The summed E-state index contributed by atoms with van der Waals surface area (Å²) < 4.78 is 8.51. The van der Waals surface area contributed by atoms with Gasteiger partial charge in [-0.15, -0.1) is 0 Å². The van der Waals surface area contributed by atoms with Crippen molar-refractivity contribution in [1.82, 2.24) is 19.9 Å². The van der Waals surface area contributed by atoms with E-state index < -0.39 is 0 Å². The lowest BCUT2D eigenvalue weighted by molar-refractivity contribution is 0.360. The molecule has 86 valence electrons. The van der Waals surface area contributed by atoms with Gasteiger partial charge in [0.1, 0.15) is 15.8 Å². The van der Waals surface area contributed by atoms with Crippen LogP contribution in [0.4, 0.5) is 0 Å². The zero-order valence-electron chi connectivity index (χ0n) is 8.65. The topological polar surface area (TPSA) is 56.7 Å². The van der Waals surface area contributed by atoms with Crippen LogP contribution in [0.5, 0.6) is 0 Å². The van der Waals surface area contributed by atoms with Gasteiger partial charge in [-0.25, -0.2) is 4.68 Å². The van der Waals surface area contributed by atoms with E-state index in [0.717, 1.165) is 27.9 Å². The van der Waals surface area contributed by atoms with E-state index in [4.69, 9.17) is 4.52 Å². The number of hydrogen-bond donors (Lipinski definition) is 0. The molecule has 0 aromatic carbocycles. The van der Waals surface area contributed by atoms with Crippen LogP contribution in [0.15, 0.2) is 19.8 Å². The molecule has 0 radical (unpaired) electrons. The average molecular weight is 350 g/mol. The van der Waals surface area contributed by atoms with Gasteiger partial charge in [0.2, 0.25) is 5.89 Å². The van der Waals surface area contributed by atoms with E-state index in [0.29, 0.717) is 12.4 Å². The second-order valence-electron chi connectivity index (χ2n) is 3.30. The molecule has 0 spiro atoms. The van der Waals surface area contributed by atoms with Gasteiger partial charge in [0.05, 0.1) is 0 Å². The lowest BCUT2D eigenvalue weighted by atomic mass is 10.3. The van der Waals surface area contributed by atoms with E-state index in [1.54, 1.807) is 4.68 Å². The fraction of sp³-hybridized carbons (Fsp3) is 0.444. The van der Waals surface area contributed by atoms with Crippen LogP contribution in [-0.2, 0) is 13.0 Å². The minimum Gasteiger partial charge on any atom is -0.337 e. The van der Waals surface area contributed by atoms with Gasteiger partial charge in [-0.05, 0) is 38.3 Å². The van der Waals surface area contributed by atoms with E-state index in [1.165, 1.54) is 0 Å². The molecule has 0 aliphatic heterocycles. The van der Waals surface area contributed by atoms with Crippen molar-refractivity contribution in [3.05, 3.63) is 27.0 Å². The quantitative estimate of drug-likeness (QED) is 0.851. The van der Waals surface area contributed by atoms with Crippen molar-refractivity contribution >= 4 is 31.9 Å². The molecule has 2 aromatic rings. The van der Waals surface area contributed by atoms with Crippen LogP contribution in [0.2, 0.25) is 0 Å². The molecular weight excluding hydrogens is 340 g/mol. The zero-order valence-corrected chi connectivity index (χ0v) is 11.8. The normalized spacial score (nSPS) is 10.9. The van der Waals surface area contributed by atoms with Crippen molar-refractivity contribution < 1.29 is 4.52 Å². The van der Waals surface area contributed by atoms with Crippen LogP contribution >= 0.6 is 31.9 Å². The highest BCUT2D eigenvalue weighted by Crippen LogP contribution is 2.17. The van der Waals surface area contributed by atoms with Gasteiger partial charge in [0, 0.05) is 12.5 Å². The fourth-order valence-corrected chi connectivity index (χ4v) is 2.42. The predicted molar refractivity (Wildman–Crippen MR) is 65.0 cm³/mol. The minimum atomic E-state index is 0.475. The molecule has 0 aliphatic rings. The summed E-state index contributed by atoms with van der Waals surface area (Å²) in [5, 5.41) is 8.10. The molecule has 2 heterocycles. The summed E-state index contributed by atoms with van der Waals surface area (Å²) in [7, 11) is 0. The second kappa shape index (κ2) is 5.09. The third kappa shape index (κ3) is 2.70. The van der Waals surface area contributed by atoms with Crippen molar-refractivity contribution in [2.75, 3.05) is 0 Å². The van der Waals surface area contributed by atoms with Crippen LogP contribution in [0, 0.1) is 0 Å². The standard InChI is InChI=1S/C9H10Br2N4O/c1-2-3-8-12-9(16-14-8)5-15-7(11)4-6(10)13-15/h4H,2-3,5H2,1H3. The zero-order chi connectivity index (χ0) is 11.5.